The summed E-state index contributed by atoms with van der Waals surface area (Å²) in [5.74, 6) is 0. The molecule has 0 spiro atoms. The molecule has 0 aliphatic carbocycles. The molecule has 0 bridgehead atoms. The zero-order chi connectivity index (χ0) is 10.6. The van der Waals surface area contributed by atoms with Crippen LogP contribution in [-0.2, 0) is 0 Å². The number of hydrogen-bond acceptors (Lipinski definition) is 3. The summed E-state index contributed by atoms with van der Waals surface area (Å²) in [6.45, 7) is 11.2. The molecule has 0 aromatic rings. The lowest BCUT2D eigenvalue weighted by Crippen LogP contribution is -2.44. The Morgan fingerprint density at radius 1 is 1.50 bits per heavy atom. The van der Waals surface area contributed by atoms with Crippen molar-refractivity contribution in [2.75, 3.05) is 32.8 Å². The molecule has 84 valence electrons. The van der Waals surface area contributed by atoms with Gasteiger partial charge in [0.25, 0.3) is 0 Å². The molecule has 0 radical (unpaired) electrons. The van der Waals surface area contributed by atoms with Crippen molar-refractivity contribution >= 4 is 0 Å². The summed E-state index contributed by atoms with van der Waals surface area (Å²) in [6, 6.07) is 0.303. The minimum Gasteiger partial charge on any atom is -0.395 e. The first-order valence-electron chi connectivity index (χ1n) is 5.64. The molecule has 1 heterocycles. The van der Waals surface area contributed by atoms with Gasteiger partial charge < -0.3 is 10.4 Å². The van der Waals surface area contributed by atoms with Crippen LogP contribution in [0.25, 0.3) is 0 Å². The van der Waals surface area contributed by atoms with Crippen molar-refractivity contribution in [3.8, 4) is 0 Å². The van der Waals surface area contributed by atoms with E-state index in [1.165, 1.54) is 0 Å². The molecule has 2 N–H and O–H groups in total. The third-order valence-corrected chi connectivity index (χ3v) is 2.85. The molecule has 1 rings (SSSR count). The molecule has 1 aliphatic rings. The SMILES string of the molecule is CCCN1CC(C)(C)CNCC1CO. The summed E-state index contributed by atoms with van der Waals surface area (Å²) in [6.07, 6.45) is 1.16. The van der Waals surface area contributed by atoms with E-state index in [1.54, 1.807) is 0 Å². The van der Waals surface area contributed by atoms with Gasteiger partial charge in [0.15, 0.2) is 0 Å². The second kappa shape index (κ2) is 5.10. The molecule has 0 amide bonds. The van der Waals surface area contributed by atoms with Crippen molar-refractivity contribution in [1.82, 2.24) is 10.2 Å². The lowest BCUT2D eigenvalue weighted by atomic mass is 9.93. The molecule has 0 saturated carbocycles. The van der Waals surface area contributed by atoms with Gasteiger partial charge in [-0.2, -0.15) is 0 Å². The number of aliphatic hydroxyl groups excluding tert-OH is 1. The lowest BCUT2D eigenvalue weighted by molar-refractivity contribution is 0.107. The van der Waals surface area contributed by atoms with Crippen LogP contribution in [-0.4, -0.2) is 48.8 Å². The van der Waals surface area contributed by atoms with Gasteiger partial charge in [-0.25, -0.2) is 0 Å². The molecule has 1 unspecified atom stereocenters. The van der Waals surface area contributed by atoms with E-state index in [0.29, 0.717) is 11.5 Å². The van der Waals surface area contributed by atoms with Gasteiger partial charge in [-0.05, 0) is 18.4 Å². The van der Waals surface area contributed by atoms with Crippen LogP contribution in [0.5, 0.6) is 0 Å². The van der Waals surface area contributed by atoms with Crippen molar-refractivity contribution in [2.24, 2.45) is 5.41 Å². The normalized spacial score (nSPS) is 28.7. The summed E-state index contributed by atoms with van der Waals surface area (Å²) in [4.78, 5) is 2.42. The van der Waals surface area contributed by atoms with Crippen molar-refractivity contribution in [1.29, 1.82) is 0 Å². The summed E-state index contributed by atoms with van der Waals surface area (Å²) >= 11 is 0. The largest absolute Gasteiger partial charge is 0.395 e. The number of hydrogen-bond donors (Lipinski definition) is 2. The van der Waals surface area contributed by atoms with Crippen LogP contribution in [0, 0.1) is 5.41 Å². The zero-order valence-electron chi connectivity index (χ0n) is 9.71. The zero-order valence-corrected chi connectivity index (χ0v) is 9.71. The van der Waals surface area contributed by atoms with E-state index < -0.39 is 0 Å². The molecular formula is C11H24N2O. The molecule has 3 heteroatoms. The van der Waals surface area contributed by atoms with Gasteiger partial charge in [-0.15, -0.1) is 0 Å². The maximum Gasteiger partial charge on any atom is 0.0599 e. The maximum atomic E-state index is 9.30. The average molecular weight is 200 g/mol. The molecular weight excluding hydrogens is 176 g/mol. The molecule has 0 aromatic carbocycles. The fourth-order valence-corrected chi connectivity index (χ4v) is 2.17. The van der Waals surface area contributed by atoms with Crippen LogP contribution in [0.4, 0.5) is 0 Å². The number of aliphatic hydroxyl groups is 1. The van der Waals surface area contributed by atoms with Crippen molar-refractivity contribution in [3.05, 3.63) is 0 Å². The second-order valence-corrected chi connectivity index (χ2v) is 5.10. The van der Waals surface area contributed by atoms with Gasteiger partial charge in [0, 0.05) is 25.7 Å². The highest BCUT2D eigenvalue weighted by atomic mass is 16.3. The summed E-state index contributed by atoms with van der Waals surface area (Å²) in [7, 11) is 0. The first-order chi connectivity index (χ1) is 6.59. The van der Waals surface area contributed by atoms with Crippen LogP contribution in [0.2, 0.25) is 0 Å². The van der Waals surface area contributed by atoms with Crippen LogP contribution >= 0.6 is 0 Å². The summed E-state index contributed by atoms with van der Waals surface area (Å²) in [5.41, 5.74) is 0.319. The molecule has 0 aromatic heterocycles. The molecule has 1 saturated heterocycles. The molecule has 1 atom stereocenters. The molecule has 3 nitrogen and oxygen atoms in total. The minimum atomic E-state index is 0.267. The van der Waals surface area contributed by atoms with Gasteiger partial charge in [0.2, 0.25) is 0 Å². The predicted molar refractivity (Wildman–Crippen MR) is 59.4 cm³/mol. The number of rotatable bonds is 3. The Kier molecular flexibility index (Phi) is 4.35. The molecule has 1 fully saturated rings. The van der Waals surface area contributed by atoms with Crippen LogP contribution in [0.1, 0.15) is 27.2 Å². The topological polar surface area (TPSA) is 35.5 Å². The van der Waals surface area contributed by atoms with Crippen molar-refractivity contribution < 1.29 is 5.11 Å². The number of nitrogens with zero attached hydrogens (tertiary/aromatic N) is 1. The monoisotopic (exact) mass is 200 g/mol. The minimum absolute atomic E-state index is 0.267. The van der Waals surface area contributed by atoms with Crippen molar-refractivity contribution in [2.45, 2.75) is 33.2 Å². The Bertz CT molecular complexity index is 171. The summed E-state index contributed by atoms with van der Waals surface area (Å²) in [5, 5.41) is 12.7. The first kappa shape index (κ1) is 12.0. The van der Waals surface area contributed by atoms with E-state index in [9.17, 15) is 5.11 Å². The average Bonchev–Trinajstić information content (AvgIpc) is 2.24. The number of nitrogens with one attached hydrogen (secondary N) is 1. The van der Waals surface area contributed by atoms with Gasteiger partial charge in [0.05, 0.1) is 6.61 Å². The Morgan fingerprint density at radius 2 is 2.21 bits per heavy atom. The van der Waals surface area contributed by atoms with Crippen LogP contribution < -0.4 is 5.32 Å². The fraction of sp³-hybridized carbons (Fsp3) is 1.00. The van der Waals surface area contributed by atoms with E-state index in [-0.39, 0.29) is 6.61 Å². The predicted octanol–water partition coefficient (Wildman–Crippen LogP) is 0.689. The quantitative estimate of drug-likeness (QED) is 0.703. The van der Waals surface area contributed by atoms with E-state index in [4.69, 9.17) is 0 Å². The maximum absolute atomic E-state index is 9.30. The summed E-state index contributed by atoms with van der Waals surface area (Å²) < 4.78 is 0. The van der Waals surface area contributed by atoms with E-state index in [2.05, 4.69) is 31.0 Å². The van der Waals surface area contributed by atoms with E-state index in [1.807, 2.05) is 0 Å². The Morgan fingerprint density at radius 3 is 2.79 bits per heavy atom. The highest BCUT2D eigenvalue weighted by molar-refractivity contribution is 4.85. The third-order valence-electron chi connectivity index (χ3n) is 2.85. The van der Waals surface area contributed by atoms with E-state index in [0.717, 1.165) is 32.6 Å². The Hall–Kier alpha value is -0.120. The second-order valence-electron chi connectivity index (χ2n) is 5.10. The van der Waals surface area contributed by atoms with Gasteiger partial charge in [0.1, 0.15) is 0 Å². The van der Waals surface area contributed by atoms with Crippen LogP contribution in [0.3, 0.4) is 0 Å². The Balaban J connectivity index is 2.61. The molecule has 14 heavy (non-hydrogen) atoms. The highest BCUT2D eigenvalue weighted by Gasteiger charge is 2.29. The Labute approximate surface area is 87.5 Å². The van der Waals surface area contributed by atoms with Crippen LogP contribution in [0.15, 0.2) is 0 Å². The molecule has 1 aliphatic heterocycles. The lowest BCUT2D eigenvalue weighted by Gasteiger charge is -2.32. The van der Waals surface area contributed by atoms with Gasteiger partial charge in [-0.1, -0.05) is 20.8 Å². The van der Waals surface area contributed by atoms with Gasteiger partial charge >= 0.3 is 0 Å². The van der Waals surface area contributed by atoms with E-state index >= 15 is 0 Å². The first-order valence-corrected chi connectivity index (χ1v) is 5.64. The van der Waals surface area contributed by atoms with Crippen molar-refractivity contribution in [3.63, 3.8) is 0 Å². The standard InChI is InChI=1S/C11H24N2O/c1-4-5-13-9-11(2,3)8-12-6-10(13)7-14/h10,12,14H,4-9H2,1-3H3. The highest BCUT2D eigenvalue weighted by Crippen LogP contribution is 2.20. The smallest absolute Gasteiger partial charge is 0.0599 e. The van der Waals surface area contributed by atoms with Gasteiger partial charge in [-0.3, -0.25) is 4.90 Å². The fourth-order valence-electron chi connectivity index (χ4n) is 2.17. The third kappa shape index (κ3) is 3.23.